The van der Waals surface area contributed by atoms with Gasteiger partial charge < -0.3 is 33.7 Å². The summed E-state index contributed by atoms with van der Waals surface area (Å²) in [7, 11) is 4.59. The monoisotopic (exact) mass is 561 g/mol. The Hall–Kier alpha value is -4.73. The van der Waals surface area contributed by atoms with E-state index in [1.54, 1.807) is 18.2 Å². The van der Waals surface area contributed by atoms with Crippen LogP contribution in [0, 0.1) is 17.7 Å². The number of rotatable bonds is 7. The number of cyclic esters (lactones) is 1. The Bertz CT molecular complexity index is 1510. The van der Waals surface area contributed by atoms with E-state index in [0.29, 0.717) is 34.3 Å². The average Bonchev–Trinajstić information content (AvgIpc) is 3.61. The van der Waals surface area contributed by atoms with E-state index in [2.05, 4.69) is 5.32 Å². The summed E-state index contributed by atoms with van der Waals surface area (Å²) in [6.07, 6.45) is 2.99. The first-order chi connectivity index (χ1) is 19.9. The van der Waals surface area contributed by atoms with Crippen molar-refractivity contribution >= 4 is 18.0 Å². The van der Waals surface area contributed by atoms with Crippen LogP contribution in [0.3, 0.4) is 0 Å². The number of hydrogen-bond donors (Lipinski definition) is 1. The first kappa shape index (κ1) is 26.5. The van der Waals surface area contributed by atoms with Crippen molar-refractivity contribution in [3.05, 3.63) is 82.7 Å². The first-order valence-electron chi connectivity index (χ1n) is 13.1. The molecule has 0 saturated carbocycles. The summed E-state index contributed by atoms with van der Waals surface area (Å²) in [6.45, 7) is 0.199. The topological polar surface area (TPSA) is 102 Å². The van der Waals surface area contributed by atoms with Crippen molar-refractivity contribution in [3.8, 4) is 28.7 Å². The molecule has 0 unspecified atom stereocenters. The molecule has 0 bridgehead atoms. The minimum atomic E-state index is -0.614. The lowest BCUT2D eigenvalue weighted by atomic mass is 9.65. The number of hydrogen-bond acceptors (Lipinski definition) is 8. The normalized spacial score (nSPS) is 22.1. The standard InChI is InChI=1S/C31H28FNO8/c1-36-24-10-17(11-25(37-2)30(24)38-3)27-19-12-22-23(41-15-40-22)13-20(19)29(21-14-39-31(35)28(21)27)33-26(34)9-6-16-4-7-18(32)8-5-16/h4-13,21,27-29H,14-15H2,1-3H3,(H,33,34)/b9-6+/t21-,27+,28-,29+/m0/s1. The Labute approximate surface area is 235 Å². The van der Waals surface area contributed by atoms with E-state index in [9.17, 15) is 14.0 Å². The number of esters is 1. The zero-order chi connectivity index (χ0) is 28.7. The van der Waals surface area contributed by atoms with Gasteiger partial charge in [-0.05, 0) is 64.7 Å². The number of nitrogens with one attached hydrogen (secondary N) is 1. The fourth-order valence-corrected chi connectivity index (χ4v) is 5.98. The van der Waals surface area contributed by atoms with Gasteiger partial charge in [0.05, 0.1) is 39.9 Å². The van der Waals surface area contributed by atoms with E-state index < -0.39 is 17.9 Å². The summed E-state index contributed by atoms with van der Waals surface area (Å²) in [5, 5.41) is 3.08. The molecule has 6 rings (SSSR count). The Morgan fingerprint density at radius 2 is 1.59 bits per heavy atom. The molecule has 0 radical (unpaired) electrons. The maximum absolute atomic E-state index is 13.3. The molecule has 1 fully saturated rings. The molecule has 1 N–H and O–H groups in total. The van der Waals surface area contributed by atoms with Gasteiger partial charge in [-0.25, -0.2) is 4.39 Å². The van der Waals surface area contributed by atoms with E-state index in [1.165, 1.54) is 39.5 Å². The van der Waals surface area contributed by atoms with Gasteiger partial charge in [-0.2, -0.15) is 0 Å². The summed E-state index contributed by atoms with van der Waals surface area (Å²) in [4.78, 5) is 26.5. The minimum absolute atomic E-state index is 0.0689. The van der Waals surface area contributed by atoms with Gasteiger partial charge in [0.25, 0.3) is 0 Å². The molecule has 212 valence electrons. The smallest absolute Gasteiger partial charge is 0.310 e. The van der Waals surface area contributed by atoms with Crippen molar-refractivity contribution in [1.82, 2.24) is 5.32 Å². The fraction of sp³-hybridized carbons (Fsp3) is 0.290. The molecule has 9 nitrogen and oxygen atoms in total. The summed E-state index contributed by atoms with van der Waals surface area (Å²) >= 11 is 0. The highest BCUT2D eigenvalue weighted by Crippen LogP contribution is 2.55. The second-order valence-corrected chi connectivity index (χ2v) is 9.96. The predicted octanol–water partition coefficient (Wildman–Crippen LogP) is 4.39. The van der Waals surface area contributed by atoms with Gasteiger partial charge in [-0.15, -0.1) is 0 Å². The maximum atomic E-state index is 13.3. The van der Waals surface area contributed by atoms with Crippen LogP contribution < -0.4 is 29.0 Å². The Morgan fingerprint density at radius 1 is 0.927 bits per heavy atom. The summed E-state index contributed by atoms with van der Waals surface area (Å²) in [6, 6.07) is 12.6. The molecule has 41 heavy (non-hydrogen) atoms. The van der Waals surface area contributed by atoms with Crippen LogP contribution in [-0.4, -0.2) is 46.6 Å². The van der Waals surface area contributed by atoms with Gasteiger partial charge in [-0.1, -0.05) is 12.1 Å². The van der Waals surface area contributed by atoms with E-state index in [-0.39, 0.29) is 37.0 Å². The number of amides is 1. The van der Waals surface area contributed by atoms with E-state index in [1.807, 2.05) is 24.3 Å². The zero-order valence-electron chi connectivity index (χ0n) is 22.6. The third-order valence-corrected chi connectivity index (χ3v) is 7.83. The van der Waals surface area contributed by atoms with Gasteiger partial charge in [0, 0.05) is 17.9 Å². The van der Waals surface area contributed by atoms with Crippen molar-refractivity contribution in [1.29, 1.82) is 0 Å². The van der Waals surface area contributed by atoms with Gasteiger partial charge in [0.1, 0.15) is 5.82 Å². The van der Waals surface area contributed by atoms with Crippen LogP contribution in [0.4, 0.5) is 4.39 Å². The molecule has 3 aromatic rings. The lowest BCUT2D eigenvalue weighted by molar-refractivity contribution is -0.141. The maximum Gasteiger partial charge on any atom is 0.310 e. The largest absolute Gasteiger partial charge is 0.493 e. The van der Waals surface area contributed by atoms with Crippen LogP contribution in [0.5, 0.6) is 28.7 Å². The quantitative estimate of drug-likeness (QED) is 0.335. The number of carbonyl (C=O) groups is 2. The lowest BCUT2D eigenvalue weighted by Gasteiger charge is -2.39. The predicted molar refractivity (Wildman–Crippen MR) is 145 cm³/mol. The van der Waals surface area contributed by atoms with Crippen LogP contribution in [-0.2, 0) is 14.3 Å². The molecular formula is C31H28FNO8. The molecule has 3 aliphatic rings. The highest BCUT2D eigenvalue weighted by molar-refractivity contribution is 5.92. The van der Waals surface area contributed by atoms with Gasteiger partial charge >= 0.3 is 5.97 Å². The minimum Gasteiger partial charge on any atom is -0.493 e. The lowest BCUT2D eigenvalue weighted by Crippen LogP contribution is -2.42. The van der Waals surface area contributed by atoms with Crippen molar-refractivity contribution in [3.63, 3.8) is 0 Å². The molecule has 1 saturated heterocycles. The van der Waals surface area contributed by atoms with Crippen molar-refractivity contribution in [2.24, 2.45) is 11.8 Å². The molecule has 1 amide bonds. The molecule has 2 heterocycles. The highest BCUT2D eigenvalue weighted by atomic mass is 19.1. The number of ether oxygens (including phenoxy) is 6. The summed E-state index contributed by atoms with van der Waals surface area (Å²) in [5.74, 6) is -0.0978. The SMILES string of the molecule is COc1cc([C@@H]2c3cc4c(cc3[C@@H](NC(=O)/C=C/c3ccc(F)cc3)[C@H]3COC(=O)[C@H]23)OCO4)cc(OC)c1OC. The van der Waals surface area contributed by atoms with Crippen molar-refractivity contribution in [2.75, 3.05) is 34.7 Å². The molecule has 10 heteroatoms. The molecule has 0 spiro atoms. The molecule has 1 aliphatic carbocycles. The van der Waals surface area contributed by atoms with Crippen LogP contribution in [0.25, 0.3) is 6.08 Å². The number of halogens is 1. The third-order valence-electron chi connectivity index (χ3n) is 7.83. The fourth-order valence-electron chi connectivity index (χ4n) is 5.98. The van der Waals surface area contributed by atoms with Crippen LogP contribution in [0.1, 0.15) is 34.2 Å². The van der Waals surface area contributed by atoms with Crippen molar-refractivity contribution < 1.29 is 42.4 Å². The second kappa shape index (κ2) is 10.7. The highest BCUT2D eigenvalue weighted by Gasteiger charge is 2.53. The zero-order valence-corrected chi connectivity index (χ0v) is 22.6. The van der Waals surface area contributed by atoms with Gasteiger partial charge in [0.15, 0.2) is 23.0 Å². The molecule has 0 aromatic heterocycles. The Morgan fingerprint density at radius 3 is 2.22 bits per heavy atom. The molecule has 4 atom stereocenters. The number of fused-ring (bicyclic) bond motifs is 3. The van der Waals surface area contributed by atoms with Gasteiger partial charge in [0.2, 0.25) is 18.4 Å². The summed E-state index contributed by atoms with van der Waals surface area (Å²) in [5.41, 5.74) is 3.01. The average molecular weight is 562 g/mol. The molecule has 2 aliphatic heterocycles. The Balaban J connectivity index is 1.44. The molecular weight excluding hydrogens is 533 g/mol. The van der Waals surface area contributed by atoms with Crippen LogP contribution >= 0.6 is 0 Å². The van der Waals surface area contributed by atoms with E-state index in [4.69, 9.17) is 28.4 Å². The number of benzene rings is 3. The number of carbonyl (C=O) groups excluding carboxylic acids is 2. The van der Waals surface area contributed by atoms with Crippen LogP contribution in [0.2, 0.25) is 0 Å². The molecule has 3 aromatic carbocycles. The van der Waals surface area contributed by atoms with E-state index >= 15 is 0 Å². The summed E-state index contributed by atoms with van der Waals surface area (Å²) < 4.78 is 47.0. The Kier molecular flexibility index (Phi) is 6.90. The number of methoxy groups -OCH3 is 3. The second-order valence-electron chi connectivity index (χ2n) is 9.96. The third kappa shape index (κ3) is 4.69. The van der Waals surface area contributed by atoms with Crippen molar-refractivity contribution in [2.45, 2.75) is 12.0 Å². The van der Waals surface area contributed by atoms with E-state index in [0.717, 1.165) is 16.7 Å². The first-order valence-corrected chi connectivity index (χ1v) is 13.1. The van der Waals surface area contributed by atoms with Crippen LogP contribution in [0.15, 0.2) is 54.6 Å². The van der Waals surface area contributed by atoms with Gasteiger partial charge in [-0.3, -0.25) is 9.59 Å².